The average Bonchev–Trinajstić information content (AvgIpc) is 2.82. The van der Waals surface area contributed by atoms with Crippen molar-refractivity contribution >= 4 is 17.6 Å². The van der Waals surface area contributed by atoms with Crippen LogP contribution in [-0.2, 0) is 0 Å². The van der Waals surface area contributed by atoms with Gasteiger partial charge >= 0.3 is 5.97 Å². The number of carboxylic acid groups (broad SMARTS) is 1. The molecular formula is C10H7N3O4. The van der Waals surface area contributed by atoms with Gasteiger partial charge in [-0.2, -0.15) is 0 Å². The van der Waals surface area contributed by atoms with Crippen LogP contribution in [0.2, 0.25) is 0 Å². The number of nitrogens with one attached hydrogen (secondary N) is 1. The summed E-state index contributed by atoms with van der Waals surface area (Å²) in [7, 11) is 0. The molecule has 0 aliphatic rings. The van der Waals surface area contributed by atoms with Gasteiger partial charge in [0, 0.05) is 18.0 Å². The van der Waals surface area contributed by atoms with E-state index >= 15 is 0 Å². The molecular weight excluding hydrogens is 226 g/mol. The first-order valence-electron chi connectivity index (χ1n) is 4.58. The summed E-state index contributed by atoms with van der Waals surface area (Å²) in [6.07, 6.45) is 2.63. The van der Waals surface area contributed by atoms with Gasteiger partial charge < -0.3 is 14.9 Å². The molecule has 2 aromatic heterocycles. The van der Waals surface area contributed by atoms with E-state index in [9.17, 15) is 9.59 Å². The number of rotatable bonds is 3. The molecule has 0 fully saturated rings. The Morgan fingerprint density at radius 2 is 2.12 bits per heavy atom. The normalized spacial score (nSPS) is 9.88. The van der Waals surface area contributed by atoms with Crippen molar-refractivity contribution in [2.24, 2.45) is 0 Å². The third kappa shape index (κ3) is 2.46. The molecule has 17 heavy (non-hydrogen) atoms. The quantitative estimate of drug-likeness (QED) is 0.819. The molecule has 0 atom stereocenters. The number of amides is 1. The van der Waals surface area contributed by atoms with Crippen LogP contribution >= 0.6 is 0 Å². The zero-order valence-electron chi connectivity index (χ0n) is 8.45. The Morgan fingerprint density at radius 1 is 1.29 bits per heavy atom. The number of nitrogens with zero attached hydrogens (tertiary/aromatic N) is 2. The summed E-state index contributed by atoms with van der Waals surface area (Å²) >= 11 is 0. The predicted octanol–water partition coefficient (Wildman–Crippen LogP) is 1.02. The Morgan fingerprint density at radius 3 is 2.76 bits per heavy atom. The smallest absolute Gasteiger partial charge is 0.354 e. The lowest BCUT2D eigenvalue weighted by atomic mass is 10.3. The molecule has 7 nitrogen and oxygen atoms in total. The predicted molar refractivity (Wildman–Crippen MR) is 55.7 cm³/mol. The summed E-state index contributed by atoms with van der Waals surface area (Å²) in [6.45, 7) is 0. The highest BCUT2D eigenvalue weighted by molar-refractivity contribution is 6.02. The van der Waals surface area contributed by atoms with Crippen molar-refractivity contribution in [1.82, 2.24) is 10.1 Å². The van der Waals surface area contributed by atoms with Crippen molar-refractivity contribution in [3.8, 4) is 0 Å². The number of pyridine rings is 1. The van der Waals surface area contributed by atoms with Crippen molar-refractivity contribution in [2.75, 3.05) is 5.32 Å². The summed E-state index contributed by atoms with van der Waals surface area (Å²) in [5.74, 6) is -1.63. The molecule has 0 saturated heterocycles. The maximum absolute atomic E-state index is 11.5. The van der Waals surface area contributed by atoms with Gasteiger partial charge in [-0.3, -0.25) is 4.79 Å². The van der Waals surface area contributed by atoms with E-state index in [0.29, 0.717) is 5.69 Å². The van der Waals surface area contributed by atoms with E-state index in [0.717, 1.165) is 0 Å². The third-order valence-corrected chi connectivity index (χ3v) is 1.90. The Kier molecular flexibility index (Phi) is 2.82. The highest BCUT2D eigenvalue weighted by atomic mass is 16.5. The SMILES string of the molecule is O=C(O)c1cc(NC(=O)c2ccno2)ccn1. The van der Waals surface area contributed by atoms with E-state index < -0.39 is 11.9 Å². The molecule has 1 amide bonds. The van der Waals surface area contributed by atoms with Gasteiger partial charge in [0.25, 0.3) is 5.91 Å². The van der Waals surface area contributed by atoms with Gasteiger partial charge in [0.05, 0.1) is 6.20 Å². The van der Waals surface area contributed by atoms with E-state index in [2.05, 4.69) is 20.0 Å². The van der Waals surface area contributed by atoms with Gasteiger partial charge in [0.15, 0.2) is 0 Å². The molecule has 0 spiro atoms. The first-order chi connectivity index (χ1) is 8.16. The van der Waals surface area contributed by atoms with Gasteiger partial charge in [-0.05, 0) is 12.1 Å². The average molecular weight is 233 g/mol. The molecule has 7 heteroatoms. The molecule has 0 aromatic carbocycles. The highest BCUT2D eigenvalue weighted by Crippen LogP contribution is 2.10. The van der Waals surface area contributed by atoms with Crippen molar-refractivity contribution < 1.29 is 19.2 Å². The van der Waals surface area contributed by atoms with Crippen LogP contribution < -0.4 is 5.32 Å². The van der Waals surface area contributed by atoms with Crippen LogP contribution in [-0.4, -0.2) is 27.1 Å². The summed E-state index contributed by atoms with van der Waals surface area (Å²) < 4.78 is 4.65. The van der Waals surface area contributed by atoms with Crippen LogP contribution in [0.25, 0.3) is 0 Å². The third-order valence-electron chi connectivity index (χ3n) is 1.90. The number of anilines is 1. The lowest BCUT2D eigenvalue weighted by Crippen LogP contribution is -2.12. The Balaban J connectivity index is 2.16. The lowest BCUT2D eigenvalue weighted by Gasteiger charge is -2.02. The molecule has 0 saturated carbocycles. The molecule has 0 aliphatic heterocycles. The second kappa shape index (κ2) is 4.44. The molecule has 0 aliphatic carbocycles. The fourth-order valence-corrected chi connectivity index (χ4v) is 1.15. The topological polar surface area (TPSA) is 105 Å². The van der Waals surface area contributed by atoms with Crippen LogP contribution in [0.1, 0.15) is 21.0 Å². The lowest BCUT2D eigenvalue weighted by molar-refractivity contribution is 0.0690. The summed E-state index contributed by atoms with van der Waals surface area (Å²) in [5, 5.41) is 14.6. The van der Waals surface area contributed by atoms with Crippen LogP contribution in [0.4, 0.5) is 5.69 Å². The minimum atomic E-state index is -1.17. The second-order valence-electron chi connectivity index (χ2n) is 3.07. The van der Waals surface area contributed by atoms with Crippen LogP contribution in [0.5, 0.6) is 0 Å². The number of carboxylic acids is 1. The van der Waals surface area contributed by atoms with Gasteiger partial charge in [-0.15, -0.1) is 0 Å². The van der Waals surface area contributed by atoms with Crippen LogP contribution in [0.3, 0.4) is 0 Å². The molecule has 0 radical (unpaired) electrons. The number of hydrogen-bond donors (Lipinski definition) is 2. The van der Waals surface area contributed by atoms with Crippen molar-refractivity contribution in [2.45, 2.75) is 0 Å². The number of aromatic nitrogens is 2. The zero-order valence-corrected chi connectivity index (χ0v) is 8.45. The van der Waals surface area contributed by atoms with Gasteiger partial charge in [-0.25, -0.2) is 9.78 Å². The van der Waals surface area contributed by atoms with Crippen LogP contribution in [0, 0.1) is 0 Å². The van der Waals surface area contributed by atoms with Gasteiger partial charge in [-0.1, -0.05) is 5.16 Å². The first-order valence-corrected chi connectivity index (χ1v) is 4.58. The number of aromatic carboxylic acids is 1. The van der Waals surface area contributed by atoms with Crippen LogP contribution in [0.15, 0.2) is 35.1 Å². The van der Waals surface area contributed by atoms with E-state index in [1.165, 1.54) is 30.6 Å². The fraction of sp³-hybridized carbons (Fsp3) is 0. The summed E-state index contributed by atoms with van der Waals surface area (Å²) in [6, 6.07) is 4.12. The number of hydrogen-bond acceptors (Lipinski definition) is 5. The summed E-state index contributed by atoms with van der Waals surface area (Å²) in [4.78, 5) is 25.8. The number of carbonyl (C=O) groups is 2. The minimum Gasteiger partial charge on any atom is -0.477 e. The first kappa shape index (κ1) is 10.8. The van der Waals surface area contributed by atoms with E-state index in [4.69, 9.17) is 5.11 Å². The fourth-order valence-electron chi connectivity index (χ4n) is 1.15. The van der Waals surface area contributed by atoms with E-state index in [1.54, 1.807) is 0 Å². The second-order valence-corrected chi connectivity index (χ2v) is 3.07. The zero-order chi connectivity index (χ0) is 12.3. The molecule has 2 rings (SSSR count). The largest absolute Gasteiger partial charge is 0.477 e. The van der Waals surface area contributed by atoms with Crippen molar-refractivity contribution in [3.05, 3.63) is 42.0 Å². The number of carbonyl (C=O) groups excluding carboxylic acids is 1. The van der Waals surface area contributed by atoms with E-state index in [-0.39, 0.29) is 11.5 Å². The Hall–Kier alpha value is -2.70. The maximum Gasteiger partial charge on any atom is 0.354 e. The maximum atomic E-state index is 11.5. The van der Waals surface area contributed by atoms with Crippen molar-refractivity contribution in [3.63, 3.8) is 0 Å². The molecule has 2 aromatic rings. The minimum absolute atomic E-state index is 0.0405. The molecule has 2 heterocycles. The highest BCUT2D eigenvalue weighted by Gasteiger charge is 2.11. The standard InChI is InChI=1S/C10H7N3O4/c14-9(8-2-4-12-17-8)13-6-1-3-11-7(5-6)10(15)16/h1-5H,(H,15,16)(H,11,13,14). The Bertz CT molecular complexity index is 550. The molecule has 2 N–H and O–H groups in total. The van der Waals surface area contributed by atoms with Gasteiger partial charge in [0.2, 0.25) is 5.76 Å². The monoisotopic (exact) mass is 233 g/mol. The molecule has 0 bridgehead atoms. The van der Waals surface area contributed by atoms with E-state index in [1.807, 2.05) is 0 Å². The molecule has 86 valence electrons. The van der Waals surface area contributed by atoms with Gasteiger partial charge in [0.1, 0.15) is 5.69 Å². The molecule has 0 unspecified atom stereocenters. The van der Waals surface area contributed by atoms with Crippen molar-refractivity contribution in [1.29, 1.82) is 0 Å². The Labute approximate surface area is 95.1 Å². The summed E-state index contributed by atoms with van der Waals surface area (Å²) in [5.41, 5.74) is 0.166.